The van der Waals surface area contributed by atoms with Crippen LogP contribution < -0.4 is 5.73 Å². The van der Waals surface area contributed by atoms with Crippen LogP contribution >= 0.6 is 11.3 Å². The van der Waals surface area contributed by atoms with Crippen molar-refractivity contribution in [3.8, 4) is 11.1 Å². The van der Waals surface area contributed by atoms with E-state index in [1.54, 1.807) is 6.20 Å². The molecule has 0 aliphatic heterocycles. The lowest BCUT2D eigenvalue weighted by molar-refractivity contribution is 1.29. The molecule has 0 unspecified atom stereocenters. The number of anilines is 1. The summed E-state index contributed by atoms with van der Waals surface area (Å²) in [6.45, 7) is 2.07. The molecule has 2 N–H and O–H groups in total. The van der Waals surface area contributed by atoms with Crippen molar-refractivity contribution < 1.29 is 0 Å². The Labute approximate surface area is 103 Å². The standard InChI is InChI=1S/C13H11N3S/c1-8-5-6-15-7-10(8)9-3-2-4-11-12(9)16-13(14)17-11/h2-7H,1H3,(H2,14,16). The summed E-state index contributed by atoms with van der Waals surface area (Å²) < 4.78 is 1.11. The molecule has 0 bridgehead atoms. The lowest BCUT2D eigenvalue weighted by Gasteiger charge is -2.05. The fraction of sp³-hybridized carbons (Fsp3) is 0.0769. The molecule has 0 fully saturated rings. The summed E-state index contributed by atoms with van der Waals surface area (Å²) in [5.41, 5.74) is 10.1. The molecule has 0 saturated heterocycles. The number of nitrogens with two attached hydrogens (primary N) is 1. The van der Waals surface area contributed by atoms with Crippen LogP contribution in [0.2, 0.25) is 0 Å². The van der Waals surface area contributed by atoms with Gasteiger partial charge in [-0.05, 0) is 24.6 Å². The van der Waals surface area contributed by atoms with Gasteiger partial charge in [0.15, 0.2) is 5.13 Å². The van der Waals surface area contributed by atoms with Gasteiger partial charge >= 0.3 is 0 Å². The zero-order valence-electron chi connectivity index (χ0n) is 9.34. The van der Waals surface area contributed by atoms with Crippen LogP contribution in [0.5, 0.6) is 0 Å². The Morgan fingerprint density at radius 3 is 2.88 bits per heavy atom. The maximum atomic E-state index is 5.77. The second-order valence-corrected chi connectivity index (χ2v) is 4.96. The van der Waals surface area contributed by atoms with E-state index in [1.165, 1.54) is 16.9 Å². The van der Waals surface area contributed by atoms with E-state index < -0.39 is 0 Å². The second-order valence-electron chi connectivity index (χ2n) is 3.90. The van der Waals surface area contributed by atoms with E-state index in [0.29, 0.717) is 5.13 Å². The number of aryl methyl sites for hydroxylation is 1. The third kappa shape index (κ3) is 1.66. The summed E-state index contributed by atoms with van der Waals surface area (Å²) in [4.78, 5) is 8.58. The molecule has 0 spiro atoms. The molecule has 84 valence electrons. The van der Waals surface area contributed by atoms with Crippen molar-refractivity contribution in [2.45, 2.75) is 6.92 Å². The van der Waals surface area contributed by atoms with Crippen molar-refractivity contribution in [1.82, 2.24) is 9.97 Å². The monoisotopic (exact) mass is 241 g/mol. The molecule has 0 saturated carbocycles. The molecular formula is C13H11N3S. The minimum atomic E-state index is 0.606. The Balaban J connectivity index is 2.34. The molecule has 0 radical (unpaired) electrons. The first-order valence-electron chi connectivity index (χ1n) is 5.32. The van der Waals surface area contributed by atoms with E-state index >= 15 is 0 Å². The van der Waals surface area contributed by atoms with Crippen LogP contribution in [0.3, 0.4) is 0 Å². The van der Waals surface area contributed by atoms with Crippen LogP contribution in [0.15, 0.2) is 36.7 Å². The summed E-state index contributed by atoms with van der Waals surface area (Å²) in [5, 5.41) is 0.606. The lowest BCUT2D eigenvalue weighted by Crippen LogP contribution is -1.87. The molecule has 0 aliphatic carbocycles. The van der Waals surface area contributed by atoms with Gasteiger partial charge in [0, 0.05) is 23.5 Å². The SMILES string of the molecule is Cc1ccncc1-c1cccc2sc(N)nc12. The summed E-state index contributed by atoms with van der Waals surface area (Å²) in [7, 11) is 0. The summed E-state index contributed by atoms with van der Waals surface area (Å²) in [6.07, 6.45) is 3.67. The van der Waals surface area contributed by atoms with E-state index in [2.05, 4.69) is 23.0 Å². The van der Waals surface area contributed by atoms with Gasteiger partial charge in [-0.1, -0.05) is 23.5 Å². The molecule has 2 aromatic heterocycles. The van der Waals surface area contributed by atoms with Crippen molar-refractivity contribution in [3.63, 3.8) is 0 Å². The molecule has 1 aromatic carbocycles. The number of thiazole rings is 1. The Hall–Kier alpha value is -1.94. The van der Waals surface area contributed by atoms with Gasteiger partial charge in [0.1, 0.15) is 0 Å². The lowest BCUT2D eigenvalue weighted by atomic mass is 10.0. The van der Waals surface area contributed by atoms with Crippen molar-refractivity contribution in [1.29, 1.82) is 0 Å². The Kier molecular flexibility index (Phi) is 2.30. The number of pyridine rings is 1. The van der Waals surface area contributed by atoms with E-state index in [4.69, 9.17) is 5.73 Å². The summed E-state index contributed by atoms with van der Waals surface area (Å²) in [6, 6.07) is 8.13. The van der Waals surface area contributed by atoms with Crippen LogP contribution in [0.1, 0.15) is 5.56 Å². The summed E-state index contributed by atoms with van der Waals surface area (Å²) in [5.74, 6) is 0. The van der Waals surface area contributed by atoms with Gasteiger partial charge in [-0.2, -0.15) is 0 Å². The number of benzene rings is 1. The van der Waals surface area contributed by atoms with Crippen molar-refractivity contribution in [2.75, 3.05) is 5.73 Å². The van der Waals surface area contributed by atoms with Gasteiger partial charge in [-0.25, -0.2) is 4.98 Å². The minimum Gasteiger partial charge on any atom is -0.375 e. The Morgan fingerprint density at radius 2 is 2.06 bits per heavy atom. The molecule has 4 heteroatoms. The van der Waals surface area contributed by atoms with Gasteiger partial charge < -0.3 is 5.73 Å². The Morgan fingerprint density at radius 1 is 1.18 bits per heavy atom. The fourth-order valence-electron chi connectivity index (χ4n) is 1.93. The maximum absolute atomic E-state index is 5.77. The highest BCUT2D eigenvalue weighted by molar-refractivity contribution is 7.22. The van der Waals surface area contributed by atoms with E-state index in [0.717, 1.165) is 21.3 Å². The molecule has 3 nitrogen and oxygen atoms in total. The van der Waals surface area contributed by atoms with Crippen molar-refractivity contribution in [2.24, 2.45) is 0 Å². The number of rotatable bonds is 1. The van der Waals surface area contributed by atoms with Gasteiger partial charge in [-0.3, -0.25) is 4.98 Å². The number of para-hydroxylation sites is 1. The molecule has 0 amide bonds. The average molecular weight is 241 g/mol. The molecule has 2 heterocycles. The highest BCUT2D eigenvalue weighted by Crippen LogP contribution is 2.33. The highest BCUT2D eigenvalue weighted by Gasteiger charge is 2.09. The van der Waals surface area contributed by atoms with Crippen LogP contribution in [-0.4, -0.2) is 9.97 Å². The first kappa shape index (κ1) is 10.2. The van der Waals surface area contributed by atoms with Crippen LogP contribution in [0.25, 0.3) is 21.3 Å². The molecular weight excluding hydrogens is 230 g/mol. The topological polar surface area (TPSA) is 51.8 Å². The number of hydrogen-bond donors (Lipinski definition) is 1. The second kappa shape index (κ2) is 3.82. The summed E-state index contributed by atoms with van der Waals surface area (Å²) >= 11 is 1.51. The zero-order valence-corrected chi connectivity index (χ0v) is 10.2. The van der Waals surface area contributed by atoms with E-state index in [9.17, 15) is 0 Å². The molecule has 0 atom stereocenters. The van der Waals surface area contributed by atoms with E-state index in [-0.39, 0.29) is 0 Å². The highest BCUT2D eigenvalue weighted by atomic mass is 32.1. The van der Waals surface area contributed by atoms with Crippen molar-refractivity contribution in [3.05, 3.63) is 42.2 Å². The van der Waals surface area contributed by atoms with Crippen LogP contribution in [0, 0.1) is 6.92 Å². The number of fused-ring (bicyclic) bond motifs is 1. The first-order valence-corrected chi connectivity index (χ1v) is 6.13. The minimum absolute atomic E-state index is 0.606. The van der Waals surface area contributed by atoms with Crippen LogP contribution in [-0.2, 0) is 0 Å². The Bertz CT molecular complexity index is 688. The van der Waals surface area contributed by atoms with Crippen LogP contribution in [0.4, 0.5) is 5.13 Å². The predicted octanol–water partition coefficient (Wildman–Crippen LogP) is 3.25. The number of hydrogen-bond acceptors (Lipinski definition) is 4. The normalized spacial score (nSPS) is 10.9. The first-order chi connectivity index (χ1) is 8.25. The average Bonchev–Trinajstić information content (AvgIpc) is 2.70. The van der Waals surface area contributed by atoms with E-state index in [1.807, 2.05) is 24.4 Å². The number of nitrogens with zero attached hydrogens (tertiary/aromatic N) is 2. The van der Waals surface area contributed by atoms with Gasteiger partial charge in [0.25, 0.3) is 0 Å². The number of aromatic nitrogens is 2. The van der Waals surface area contributed by atoms with Gasteiger partial charge in [0.2, 0.25) is 0 Å². The number of nitrogen functional groups attached to an aromatic ring is 1. The van der Waals surface area contributed by atoms with Gasteiger partial charge in [0.05, 0.1) is 10.2 Å². The maximum Gasteiger partial charge on any atom is 0.181 e. The molecule has 3 aromatic rings. The smallest absolute Gasteiger partial charge is 0.181 e. The zero-order chi connectivity index (χ0) is 11.8. The third-order valence-electron chi connectivity index (χ3n) is 2.76. The third-order valence-corrected chi connectivity index (χ3v) is 3.61. The fourth-order valence-corrected chi connectivity index (χ4v) is 2.69. The largest absolute Gasteiger partial charge is 0.375 e. The molecule has 3 rings (SSSR count). The predicted molar refractivity (Wildman–Crippen MR) is 72.0 cm³/mol. The quantitative estimate of drug-likeness (QED) is 0.711. The molecule has 17 heavy (non-hydrogen) atoms. The van der Waals surface area contributed by atoms with Gasteiger partial charge in [-0.15, -0.1) is 0 Å². The molecule has 0 aliphatic rings. The van der Waals surface area contributed by atoms with Crippen molar-refractivity contribution >= 4 is 26.7 Å².